The second-order valence-corrected chi connectivity index (χ2v) is 8.39. The number of likely N-dealkylation sites (tertiary alicyclic amines) is 1. The van der Waals surface area contributed by atoms with Crippen molar-refractivity contribution < 1.29 is 14.0 Å². The Bertz CT molecular complexity index is 918. The van der Waals surface area contributed by atoms with E-state index in [1.807, 2.05) is 24.3 Å². The van der Waals surface area contributed by atoms with Crippen LogP contribution in [0.1, 0.15) is 43.9 Å². The van der Waals surface area contributed by atoms with Crippen molar-refractivity contribution in [3.63, 3.8) is 0 Å². The Balaban J connectivity index is 1.54. The van der Waals surface area contributed by atoms with E-state index < -0.39 is 5.72 Å². The van der Waals surface area contributed by atoms with Gasteiger partial charge >= 0.3 is 0 Å². The maximum Gasteiger partial charge on any atom is 0.191 e. The molecule has 0 bridgehead atoms. The highest BCUT2D eigenvalue weighted by atomic mass is 19.1. The summed E-state index contributed by atoms with van der Waals surface area (Å²) in [6, 6.07) is 15.8. The summed E-state index contributed by atoms with van der Waals surface area (Å²) in [5.74, 6) is 0.744. The number of halogens is 1. The van der Waals surface area contributed by atoms with E-state index >= 15 is 0 Å². The molecule has 1 saturated heterocycles. The number of benzene rings is 2. The second-order valence-electron chi connectivity index (χ2n) is 8.39. The molecule has 0 aliphatic carbocycles. The van der Waals surface area contributed by atoms with Crippen LogP contribution in [0, 0.1) is 5.82 Å². The summed E-state index contributed by atoms with van der Waals surface area (Å²) in [4.78, 5) is 1.62. The molecule has 1 spiro atoms. The number of hydrogen-bond acceptors (Lipinski definition) is 3. The average Bonchev–Trinajstić information content (AvgIpc) is 3.15. The number of hydrazine groups is 1. The quantitative estimate of drug-likeness (QED) is 0.840. The predicted molar refractivity (Wildman–Crippen MR) is 107 cm³/mol. The number of para-hydroxylation sites is 1. The Labute approximate surface area is 165 Å². The van der Waals surface area contributed by atoms with Crippen molar-refractivity contribution in [1.82, 2.24) is 10.4 Å². The lowest BCUT2D eigenvalue weighted by Gasteiger charge is -2.51. The number of nitrogens with one attached hydrogen (secondary N) is 2. The molecule has 0 unspecified atom stereocenters. The van der Waals surface area contributed by atoms with Gasteiger partial charge in [-0.15, -0.1) is 0 Å². The van der Waals surface area contributed by atoms with Crippen molar-refractivity contribution >= 4 is 5.70 Å². The van der Waals surface area contributed by atoms with Crippen LogP contribution in [0.2, 0.25) is 0 Å². The van der Waals surface area contributed by atoms with E-state index in [0.717, 1.165) is 42.9 Å². The average molecular weight is 380 g/mol. The normalized spacial score (nSPS) is 29.1. The van der Waals surface area contributed by atoms with Crippen LogP contribution >= 0.6 is 0 Å². The van der Waals surface area contributed by atoms with Gasteiger partial charge in [0.25, 0.3) is 0 Å². The van der Waals surface area contributed by atoms with E-state index in [-0.39, 0.29) is 11.9 Å². The molecule has 0 radical (unpaired) electrons. The van der Waals surface area contributed by atoms with Gasteiger partial charge in [0.1, 0.15) is 11.6 Å². The van der Waals surface area contributed by atoms with Gasteiger partial charge in [0, 0.05) is 11.1 Å². The fraction of sp³-hybridized carbons (Fsp3) is 0.391. The fourth-order valence-electron chi connectivity index (χ4n) is 4.84. The highest BCUT2D eigenvalue weighted by molar-refractivity contribution is 5.68. The molecule has 2 aromatic rings. The standard InChI is InChI=1S/C23H26FN3O/c1-16(2)26-13-11-23(12-14-26)27-21(18-8-4-6-10-22(18)28-23)15-20(25-27)17-7-3-5-9-19(17)24/h3-10,15-16,21,25H,11-14H2,1-2H3/p+1/t21-/m0/s1. The van der Waals surface area contributed by atoms with Crippen LogP contribution in [-0.2, 0) is 0 Å². The van der Waals surface area contributed by atoms with E-state index in [2.05, 4.69) is 42.5 Å². The van der Waals surface area contributed by atoms with Crippen molar-refractivity contribution in [2.75, 3.05) is 13.1 Å². The first-order chi connectivity index (χ1) is 13.6. The Morgan fingerprint density at radius 2 is 1.82 bits per heavy atom. The zero-order valence-electron chi connectivity index (χ0n) is 16.4. The largest absolute Gasteiger partial charge is 0.470 e. The molecule has 0 aromatic heterocycles. The summed E-state index contributed by atoms with van der Waals surface area (Å²) in [7, 11) is 0. The Kier molecular flexibility index (Phi) is 4.18. The van der Waals surface area contributed by atoms with Crippen LogP contribution in [0.15, 0.2) is 54.6 Å². The third kappa shape index (κ3) is 2.73. The molecule has 5 rings (SSSR count). The molecular weight excluding hydrogens is 353 g/mol. The maximum atomic E-state index is 14.5. The van der Waals surface area contributed by atoms with Crippen LogP contribution in [0.25, 0.3) is 5.70 Å². The van der Waals surface area contributed by atoms with Gasteiger partial charge in [0.15, 0.2) is 5.72 Å². The molecule has 3 aliphatic rings. The number of rotatable bonds is 2. The minimum Gasteiger partial charge on any atom is -0.470 e. The molecule has 2 aromatic carbocycles. The van der Waals surface area contributed by atoms with Gasteiger partial charge in [-0.2, -0.15) is 5.01 Å². The van der Waals surface area contributed by atoms with Crippen molar-refractivity contribution in [3.05, 3.63) is 71.6 Å². The molecule has 3 heterocycles. The number of nitrogens with zero attached hydrogens (tertiary/aromatic N) is 1. The van der Waals surface area contributed by atoms with Crippen molar-refractivity contribution in [2.45, 2.75) is 44.5 Å². The van der Waals surface area contributed by atoms with Crippen molar-refractivity contribution in [2.24, 2.45) is 0 Å². The van der Waals surface area contributed by atoms with Gasteiger partial charge in [-0.25, -0.2) is 4.39 Å². The minimum atomic E-state index is -0.402. The highest BCUT2D eigenvalue weighted by Gasteiger charge is 2.52. The molecule has 1 atom stereocenters. The molecule has 3 aliphatic heterocycles. The lowest BCUT2D eigenvalue weighted by molar-refractivity contribution is -0.929. The lowest BCUT2D eigenvalue weighted by atomic mass is 9.92. The van der Waals surface area contributed by atoms with Gasteiger partial charge in [-0.1, -0.05) is 30.3 Å². The van der Waals surface area contributed by atoms with Crippen LogP contribution in [0.4, 0.5) is 4.39 Å². The summed E-state index contributed by atoms with van der Waals surface area (Å²) in [6.07, 6.45) is 4.02. The van der Waals surface area contributed by atoms with Crippen LogP contribution < -0.4 is 15.1 Å². The first-order valence-corrected chi connectivity index (χ1v) is 10.2. The van der Waals surface area contributed by atoms with E-state index in [0.29, 0.717) is 11.6 Å². The number of hydrogen-bond donors (Lipinski definition) is 2. The van der Waals surface area contributed by atoms with Crippen LogP contribution in [-0.4, -0.2) is 29.9 Å². The molecule has 2 N–H and O–H groups in total. The minimum absolute atomic E-state index is 0.0418. The summed E-state index contributed by atoms with van der Waals surface area (Å²) >= 11 is 0. The number of fused-ring (bicyclic) bond motifs is 4. The first kappa shape index (κ1) is 17.7. The third-order valence-corrected chi connectivity index (χ3v) is 6.47. The predicted octanol–water partition coefficient (Wildman–Crippen LogP) is 2.90. The molecule has 5 heteroatoms. The molecule has 28 heavy (non-hydrogen) atoms. The Morgan fingerprint density at radius 3 is 2.57 bits per heavy atom. The smallest absolute Gasteiger partial charge is 0.191 e. The van der Waals surface area contributed by atoms with E-state index in [1.54, 1.807) is 11.0 Å². The number of piperidine rings is 1. The van der Waals surface area contributed by atoms with Gasteiger partial charge < -0.3 is 15.1 Å². The SMILES string of the molecule is CC(C)[NH+]1CCC2(CC1)Oc1ccccc1[C@@H]1C=C(c3ccccc3F)NN12. The zero-order valence-corrected chi connectivity index (χ0v) is 16.4. The van der Waals surface area contributed by atoms with E-state index in [1.165, 1.54) is 6.07 Å². The van der Waals surface area contributed by atoms with Gasteiger partial charge in [-0.3, -0.25) is 0 Å². The van der Waals surface area contributed by atoms with E-state index in [9.17, 15) is 4.39 Å². The van der Waals surface area contributed by atoms with Crippen LogP contribution in [0.3, 0.4) is 0 Å². The van der Waals surface area contributed by atoms with Crippen LogP contribution in [0.5, 0.6) is 5.75 Å². The number of quaternary nitrogens is 1. The summed E-state index contributed by atoms with van der Waals surface area (Å²) in [5, 5.41) is 2.23. The fourth-order valence-corrected chi connectivity index (χ4v) is 4.84. The van der Waals surface area contributed by atoms with Crippen molar-refractivity contribution in [1.29, 1.82) is 0 Å². The van der Waals surface area contributed by atoms with Gasteiger partial charge in [0.2, 0.25) is 0 Å². The Morgan fingerprint density at radius 1 is 1.11 bits per heavy atom. The summed E-state index contributed by atoms with van der Waals surface area (Å²) in [6.45, 7) is 6.69. The topological polar surface area (TPSA) is 28.9 Å². The van der Waals surface area contributed by atoms with Gasteiger partial charge in [0.05, 0.1) is 43.7 Å². The first-order valence-electron chi connectivity index (χ1n) is 10.2. The van der Waals surface area contributed by atoms with Crippen molar-refractivity contribution in [3.8, 4) is 5.75 Å². The monoisotopic (exact) mass is 380 g/mol. The summed E-state index contributed by atoms with van der Waals surface area (Å²) < 4.78 is 21.1. The summed E-state index contributed by atoms with van der Waals surface area (Å²) in [5.41, 5.74) is 5.67. The molecule has 0 amide bonds. The third-order valence-electron chi connectivity index (χ3n) is 6.47. The molecule has 4 nitrogen and oxygen atoms in total. The number of ether oxygens (including phenoxy) is 1. The zero-order chi connectivity index (χ0) is 19.3. The molecular formula is C23H27FN3O+. The molecule has 0 saturated carbocycles. The van der Waals surface area contributed by atoms with Gasteiger partial charge in [-0.05, 0) is 38.1 Å². The second kappa shape index (κ2) is 6.61. The highest BCUT2D eigenvalue weighted by Crippen LogP contribution is 2.47. The molecule has 146 valence electrons. The Hall–Kier alpha value is -2.37. The van der Waals surface area contributed by atoms with E-state index in [4.69, 9.17) is 4.74 Å². The molecule has 1 fully saturated rings. The maximum absolute atomic E-state index is 14.5. The lowest BCUT2D eigenvalue weighted by Crippen LogP contribution is -3.16.